The van der Waals surface area contributed by atoms with Crippen molar-refractivity contribution in [2.75, 3.05) is 33.4 Å². The molecule has 1 aliphatic heterocycles. The normalized spacial score (nSPS) is 17.5. The zero-order valence-corrected chi connectivity index (χ0v) is 13.3. The first kappa shape index (κ1) is 16.1. The second-order valence-electron chi connectivity index (χ2n) is 5.91. The number of methoxy groups -OCH3 is 1. The van der Waals surface area contributed by atoms with Crippen LogP contribution in [0.5, 0.6) is 11.5 Å². The highest BCUT2D eigenvalue weighted by atomic mass is 16.5. The van der Waals surface area contributed by atoms with Crippen LogP contribution in [0.15, 0.2) is 18.2 Å². The molecule has 0 amide bonds. The van der Waals surface area contributed by atoms with Crippen molar-refractivity contribution in [1.29, 1.82) is 0 Å². The van der Waals surface area contributed by atoms with Gasteiger partial charge < -0.3 is 15.2 Å². The molecular formula is C17H28N2O2. The minimum atomic E-state index is 0.128. The van der Waals surface area contributed by atoms with Crippen LogP contribution >= 0.6 is 0 Å². The molecule has 0 radical (unpaired) electrons. The molecule has 2 N–H and O–H groups in total. The van der Waals surface area contributed by atoms with Crippen LogP contribution in [0.3, 0.4) is 0 Å². The second-order valence-corrected chi connectivity index (χ2v) is 5.91. The van der Waals surface area contributed by atoms with Crippen molar-refractivity contribution in [3.63, 3.8) is 0 Å². The zero-order chi connectivity index (χ0) is 15.1. The summed E-state index contributed by atoms with van der Waals surface area (Å²) in [4.78, 5) is 2.48. The first-order valence-corrected chi connectivity index (χ1v) is 7.96. The highest BCUT2D eigenvalue weighted by molar-refractivity contribution is 5.41. The third-order valence-corrected chi connectivity index (χ3v) is 3.93. The van der Waals surface area contributed by atoms with Crippen LogP contribution in [0, 0.1) is 0 Å². The molecule has 1 aromatic rings. The average molecular weight is 292 g/mol. The molecule has 1 heterocycles. The van der Waals surface area contributed by atoms with E-state index in [-0.39, 0.29) is 6.04 Å². The summed E-state index contributed by atoms with van der Waals surface area (Å²) in [7, 11) is 1.68. The van der Waals surface area contributed by atoms with Crippen LogP contribution in [-0.4, -0.2) is 44.3 Å². The maximum atomic E-state index is 6.01. The summed E-state index contributed by atoms with van der Waals surface area (Å²) in [6.07, 6.45) is 4.82. The molecule has 1 aliphatic rings. The summed E-state index contributed by atoms with van der Waals surface area (Å²) >= 11 is 0. The van der Waals surface area contributed by atoms with E-state index < -0.39 is 0 Å². The van der Waals surface area contributed by atoms with Gasteiger partial charge in [-0.25, -0.2) is 0 Å². The lowest BCUT2D eigenvalue weighted by Crippen LogP contribution is -2.33. The fraction of sp³-hybridized carbons (Fsp3) is 0.647. The number of likely N-dealkylation sites (tertiary alicyclic amines) is 1. The largest absolute Gasteiger partial charge is 0.497 e. The van der Waals surface area contributed by atoms with Gasteiger partial charge >= 0.3 is 0 Å². The van der Waals surface area contributed by atoms with Gasteiger partial charge in [-0.15, -0.1) is 0 Å². The Balaban J connectivity index is 1.92. The van der Waals surface area contributed by atoms with E-state index in [2.05, 4.69) is 11.0 Å². The van der Waals surface area contributed by atoms with E-state index in [1.54, 1.807) is 7.11 Å². The molecule has 0 bridgehead atoms. The van der Waals surface area contributed by atoms with Crippen LogP contribution < -0.4 is 15.2 Å². The highest BCUT2D eigenvalue weighted by Gasteiger charge is 2.11. The third kappa shape index (κ3) is 5.21. The molecular weight excluding hydrogens is 264 g/mol. The lowest BCUT2D eigenvalue weighted by molar-refractivity contribution is 0.182. The van der Waals surface area contributed by atoms with Gasteiger partial charge in [-0.2, -0.15) is 0 Å². The standard InChI is InChI=1S/C17H28N2O2/c1-14(18)12-15-6-7-16(20-2)13-17(15)21-11-10-19-8-4-3-5-9-19/h6-7,13-14H,3-5,8-12,18H2,1-2H3. The maximum Gasteiger partial charge on any atom is 0.126 e. The smallest absolute Gasteiger partial charge is 0.126 e. The molecule has 1 saturated heterocycles. The van der Waals surface area contributed by atoms with Crippen molar-refractivity contribution in [1.82, 2.24) is 4.90 Å². The van der Waals surface area contributed by atoms with Gasteiger partial charge in [0.2, 0.25) is 0 Å². The lowest BCUT2D eigenvalue weighted by Gasteiger charge is -2.26. The molecule has 4 heteroatoms. The number of hydrogen-bond acceptors (Lipinski definition) is 4. The third-order valence-electron chi connectivity index (χ3n) is 3.93. The van der Waals surface area contributed by atoms with Gasteiger partial charge in [0, 0.05) is 18.7 Å². The Labute approximate surface area is 128 Å². The molecule has 1 unspecified atom stereocenters. The van der Waals surface area contributed by atoms with E-state index in [0.29, 0.717) is 0 Å². The first-order chi connectivity index (χ1) is 10.2. The summed E-state index contributed by atoms with van der Waals surface area (Å²) in [5.74, 6) is 1.74. The molecule has 2 rings (SSSR count). The molecule has 1 fully saturated rings. The summed E-state index contributed by atoms with van der Waals surface area (Å²) in [6, 6.07) is 6.12. The first-order valence-electron chi connectivity index (χ1n) is 7.96. The SMILES string of the molecule is COc1ccc(CC(C)N)c(OCCN2CCCCC2)c1. The molecule has 1 aromatic carbocycles. The number of nitrogens with zero attached hydrogens (tertiary/aromatic N) is 1. The van der Waals surface area contributed by atoms with E-state index in [9.17, 15) is 0 Å². The molecule has 1 atom stereocenters. The van der Waals surface area contributed by atoms with Gasteiger partial charge in [0.1, 0.15) is 18.1 Å². The summed E-state index contributed by atoms with van der Waals surface area (Å²) in [5.41, 5.74) is 7.07. The Hall–Kier alpha value is -1.26. The molecule has 0 spiro atoms. The van der Waals surface area contributed by atoms with Crippen molar-refractivity contribution in [2.45, 2.75) is 38.6 Å². The molecule has 0 aliphatic carbocycles. The summed E-state index contributed by atoms with van der Waals surface area (Å²) in [6.45, 7) is 6.14. The minimum absolute atomic E-state index is 0.128. The van der Waals surface area contributed by atoms with E-state index >= 15 is 0 Å². The van der Waals surface area contributed by atoms with Crippen molar-refractivity contribution >= 4 is 0 Å². The van der Waals surface area contributed by atoms with E-state index in [1.807, 2.05) is 19.1 Å². The topological polar surface area (TPSA) is 47.7 Å². The summed E-state index contributed by atoms with van der Waals surface area (Å²) < 4.78 is 11.3. The minimum Gasteiger partial charge on any atom is -0.497 e. The number of benzene rings is 1. The van der Waals surface area contributed by atoms with Crippen LogP contribution in [0.1, 0.15) is 31.7 Å². The number of ether oxygens (including phenoxy) is 2. The van der Waals surface area contributed by atoms with Gasteiger partial charge in [0.05, 0.1) is 7.11 Å². The van der Waals surface area contributed by atoms with Gasteiger partial charge in [-0.1, -0.05) is 12.5 Å². The molecule has 0 aromatic heterocycles. The van der Waals surface area contributed by atoms with Gasteiger partial charge in [0.15, 0.2) is 0 Å². The van der Waals surface area contributed by atoms with Gasteiger partial charge in [0.25, 0.3) is 0 Å². The van der Waals surface area contributed by atoms with Crippen LogP contribution in [0.4, 0.5) is 0 Å². The van der Waals surface area contributed by atoms with Crippen LogP contribution in [0.2, 0.25) is 0 Å². The Bertz CT molecular complexity index is 429. The fourth-order valence-electron chi connectivity index (χ4n) is 2.78. The Morgan fingerprint density at radius 1 is 1.24 bits per heavy atom. The van der Waals surface area contributed by atoms with E-state index in [1.165, 1.54) is 32.4 Å². The van der Waals surface area contributed by atoms with Gasteiger partial charge in [-0.3, -0.25) is 4.90 Å². The lowest BCUT2D eigenvalue weighted by atomic mass is 10.1. The molecule has 118 valence electrons. The average Bonchev–Trinajstić information content (AvgIpc) is 2.49. The number of rotatable bonds is 7. The van der Waals surface area contributed by atoms with Crippen molar-refractivity contribution < 1.29 is 9.47 Å². The predicted molar refractivity (Wildman–Crippen MR) is 86.1 cm³/mol. The van der Waals surface area contributed by atoms with E-state index in [4.69, 9.17) is 15.2 Å². The van der Waals surface area contributed by atoms with Crippen molar-refractivity contribution in [3.8, 4) is 11.5 Å². The Morgan fingerprint density at radius 2 is 2.00 bits per heavy atom. The Kier molecular flexibility index (Phi) is 6.33. The Morgan fingerprint density at radius 3 is 2.67 bits per heavy atom. The summed E-state index contributed by atoms with van der Waals surface area (Å²) in [5, 5.41) is 0. The zero-order valence-electron chi connectivity index (χ0n) is 13.3. The monoisotopic (exact) mass is 292 g/mol. The predicted octanol–water partition coefficient (Wildman–Crippen LogP) is 2.45. The van der Waals surface area contributed by atoms with Crippen molar-refractivity contribution in [3.05, 3.63) is 23.8 Å². The highest BCUT2D eigenvalue weighted by Crippen LogP contribution is 2.26. The van der Waals surface area contributed by atoms with Crippen LogP contribution in [0.25, 0.3) is 0 Å². The molecule has 0 saturated carbocycles. The van der Waals surface area contributed by atoms with Crippen molar-refractivity contribution in [2.24, 2.45) is 5.73 Å². The molecule has 4 nitrogen and oxygen atoms in total. The van der Waals surface area contributed by atoms with E-state index in [0.717, 1.165) is 36.6 Å². The quantitative estimate of drug-likeness (QED) is 0.838. The number of piperidine rings is 1. The van der Waals surface area contributed by atoms with Gasteiger partial charge in [-0.05, 0) is 50.9 Å². The van der Waals surface area contributed by atoms with Crippen LogP contribution in [-0.2, 0) is 6.42 Å². The fourth-order valence-corrected chi connectivity index (χ4v) is 2.78. The second kappa shape index (κ2) is 8.25. The maximum absolute atomic E-state index is 6.01. The molecule has 21 heavy (non-hydrogen) atoms. The number of nitrogens with two attached hydrogens (primary N) is 1. The number of hydrogen-bond donors (Lipinski definition) is 1.